The number of hydrogen-bond acceptors (Lipinski definition) is 2. The van der Waals surface area contributed by atoms with Crippen molar-refractivity contribution in [2.75, 3.05) is 9.80 Å². The summed E-state index contributed by atoms with van der Waals surface area (Å²) >= 11 is 0. The first-order valence-corrected chi connectivity index (χ1v) is 24.4. The number of benzene rings is 4. The van der Waals surface area contributed by atoms with E-state index in [0.717, 1.165) is 37.1 Å². The van der Waals surface area contributed by atoms with Crippen molar-refractivity contribution in [2.45, 2.75) is 78.7 Å². The SMILES string of the molecule is C=C/C=C\C1=C(C2=CC(C3=C4C=CC=CC4C(N(C4=CC=C(C)CC4)c4ccc(C(C)(C)C)cc4)c4ccccc43)CC(C)=C2)C2CC=CC=C2C(N(c2ccccc2)c2ccc(C)cc2)=C1. The maximum atomic E-state index is 4.13. The number of aryl methyl sites for hydroxylation is 1. The van der Waals surface area contributed by atoms with Gasteiger partial charge in [0.25, 0.3) is 0 Å². The van der Waals surface area contributed by atoms with Gasteiger partial charge in [-0.3, -0.25) is 0 Å². The third-order valence-electron chi connectivity index (χ3n) is 14.6. The fourth-order valence-corrected chi connectivity index (χ4v) is 11.3. The number of allylic oxidation sites excluding steroid dienone is 22. The maximum absolute atomic E-state index is 4.13. The van der Waals surface area contributed by atoms with Crippen molar-refractivity contribution in [3.05, 3.63) is 274 Å². The van der Waals surface area contributed by atoms with Gasteiger partial charge in [-0.15, -0.1) is 0 Å². The Morgan fingerprint density at radius 1 is 0.701 bits per heavy atom. The molecule has 4 unspecified atom stereocenters. The van der Waals surface area contributed by atoms with Gasteiger partial charge in [0.05, 0.1) is 11.7 Å². The first-order chi connectivity index (χ1) is 32.6. The van der Waals surface area contributed by atoms with Crippen LogP contribution in [0, 0.1) is 24.7 Å². The highest BCUT2D eigenvalue weighted by atomic mass is 15.2. The molecule has 4 aromatic rings. The van der Waals surface area contributed by atoms with Crippen LogP contribution in [0.5, 0.6) is 0 Å². The molecule has 0 aliphatic heterocycles. The summed E-state index contributed by atoms with van der Waals surface area (Å²) in [4.78, 5) is 5.14. The van der Waals surface area contributed by atoms with Crippen LogP contribution in [0.2, 0.25) is 0 Å². The molecule has 2 nitrogen and oxygen atoms in total. The fraction of sp³-hybridized carbons (Fsp3) is 0.231. The molecular formula is C65H64N2. The van der Waals surface area contributed by atoms with Crippen molar-refractivity contribution in [3.63, 3.8) is 0 Å². The summed E-state index contributed by atoms with van der Waals surface area (Å²) < 4.78 is 0. The Hall–Kier alpha value is -6.90. The van der Waals surface area contributed by atoms with Gasteiger partial charge in [-0.2, -0.15) is 0 Å². The van der Waals surface area contributed by atoms with Gasteiger partial charge in [0.2, 0.25) is 0 Å². The molecule has 4 atom stereocenters. The zero-order valence-electron chi connectivity index (χ0n) is 40.2. The van der Waals surface area contributed by atoms with Gasteiger partial charge < -0.3 is 9.80 Å². The molecule has 6 aliphatic carbocycles. The molecule has 6 aliphatic rings. The van der Waals surface area contributed by atoms with E-state index >= 15 is 0 Å². The Morgan fingerprint density at radius 2 is 1.45 bits per heavy atom. The summed E-state index contributed by atoms with van der Waals surface area (Å²) in [5, 5.41) is 0. The molecular weight excluding hydrogens is 809 g/mol. The third-order valence-corrected chi connectivity index (χ3v) is 14.6. The number of anilines is 3. The van der Waals surface area contributed by atoms with Gasteiger partial charge >= 0.3 is 0 Å². The Labute approximate surface area is 400 Å². The lowest BCUT2D eigenvalue weighted by Gasteiger charge is -2.46. The molecule has 0 saturated carbocycles. The highest BCUT2D eigenvalue weighted by Crippen LogP contribution is 2.55. The summed E-state index contributed by atoms with van der Waals surface area (Å²) in [6.45, 7) is 17.8. The quantitative estimate of drug-likeness (QED) is 0.147. The lowest BCUT2D eigenvalue weighted by atomic mass is 9.66. The molecule has 67 heavy (non-hydrogen) atoms. The Morgan fingerprint density at radius 3 is 2.19 bits per heavy atom. The lowest BCUT2D eigenvalue weighted by Crippen LogP contribution is -2.37. The van der Waals surface area contributed by atoms with Crippen LogP contribution >= 0.6 is 0 Å². The van der Waals surface area contributed by atoms with Crippen LogP contribution in [0.15, 0.2) is 251 Å². The van der Waals surface area contributed by atoms with E-state index in [1.165, 1.54) is 83.9 Å². The Bertz CT molecular complexity index is 2970. The van der Waals surface area contributed by atoms with Gasteiger partial charge in [-0.25, -0.2) is 0 Å². The van der Waals surface area contributed by atoms with E-state index in [9.17, 15) is 0 Å². The molecule has 0 N–H and O–H groups in total. The van der Waals surface area contributed by atoms with E-state index in [2.05, 4.69) is 246 Å². The van der Waals surface area contributed by atoms with Gasteiger partial charge in [-0.1, -0.05) is 190 Å². The topological polar surface area (TPSA) is 6.48 Å². The van der Waals surface area contributed by atoms with E-state index in [1.807, 2.05) is 6.08 Å². The lowest BCUT2D eigenvalue weighted by molar-refractivity contribution is 0.541. The summed E-state index contributed by atoms with van der Waals surface area (Å²) in [6, 6.07) is 38.7. The van der Waals surface area contributed by atoms with E-state index in [0.29, 0.717) is 0 Å². The number of rotatable bonds is 10. The van der Waals surface area contributed by atoms with Crippen molar-refractivity contribution in [3.8, 4) is 0 Å². The first kappa shape index (κ1) is 44.0. The van der Waals surface area contributed by atoms with Crippen LogP contribution in [-0.4, -0.2) is 0 Å². The van der Waals surface area contributed by atoms with Crippen molar-refractivity contribution in [1.29, 1.82) is 0 Å². The minimum Gasteiger partial charge on any atom is -0.337 e. The zero-order valence-corrected chi connectivity index (χ0v) is 40.2. The largest absolute Gasteiger partial charge is 0.337 e. The monoisotopic (exact) mass is 873 g/mol. The normalized spacial score (nSPS) is 22.2. The number of para-hydroxylation sites is 1. The highest BCUT2D eigenvalue weighted by Gasteiger charge is 2.42. The second kappa shape index (κ2) is 18.4. The number of fused-ring (bicyclic) bond motifs is 3. The van der Waals surface area contributed by atoms with Gasteiger partial charge in [0.1, 0.15) is 0 Å². The van der Waals surface area contributed by atoms with Crippen LogP contribution in [0.4, 0.5) is 17.1 Å². The second-order valence-corrected chi connectivity index (χ2v) is 20.3. The zero-order chi connectivity index (χ0) is 46.2. The van der Waals surface area contributed by atoms with Crippen molar-refractivity contribution >= 4 is 22.6 Å². The first-order valence-electron chi connectivity index (χ1n) is 24.4. The Kier molecular flexibility index (Phi) is 12.1. The van der Waals surface area contributed by atoms with Crippen LogP contribution in [0.3, 0.4) is 0 Å². The van der Waals surface area contributed by atoms with E-state index < -0.39 is 0 Å². The summed E-state index contributed by atoms with van der Waals surface area (Å²) in [6.07, 6.45) is 39.1. The van der Waals surface area contributed by atoms with Crippen molar-refractivity contribution < 1.29 is 0 Å². The molecule has 0 saturated heterocycles. The van der Waals surface area contributed by atoms with E-state index in [-0.39, 0.29) is 29.2 Å². The summed E-state index contributed by atoms with van der Waals surface area (Å²) in [5.74, 6) is 0.533. The summed E-state index contributed by atoms with van der Waals surface area (Å²) in [5.41, 5.74) is 22.7. The van der Waals surface area contributed by atoms with E-state index in [4.69, 9.17) is 0 Å². The van der Waals surface area contributed by atoms with Gasteiger partial charge in [0.15, 0.2) is 0 Å². The molecule has 0 radical (unpaired) electrons. The minimum absolute atomic E-state index is 0.0792. The number of nitrogens with zero attached hydrogens (tertiary/aromatic N) is 2. The van der Waals surface area contributed by atoms with Crippen LogP contribution < -0.4 is 9.80 Å². The van der Waals surface area contributed by atoms with Gasteiger partial charge in [-0.05, 0) is 151 Å². The highest BCUT2D eigenvalue weighted by molar-refractivity contribution is 5.83. The molecule has 10 rings (SSSR count). The van der Waals surface area contributed by atoms with Crippen LogP contribution in [-0.2, 0) is 5.41 Å². The Balaban J connectivity index is 1.13. The van der Waals surface area contributed by atoms with Crippen molar-refractivity contribution in [2.24, 2.45) is 17.8 Å². The maximum Gasteiger partial charge on any atom is 0.0697 e. The molecule has 0 bridgehead atoms. The molecule has 0 fully saturated rings. The fourth-order valence-electron chi connectivity index (χ4n) is 11.3. The standard InChI is InChI=1S/C65H64N2/c1-8-9-19-47-43-61(66(51-20-11-10-12-21-51)52-34-28-44(2)29-35-52)55-22-13-14-23-56(55)62(47)48-40-46(4)41-49(42-48)63-57-24-15-17-26-59(57)64(60-27-18-16-25-58(60)63)67(53-36-30-45(3)31-37-53)54-38-32-50(33-39-54)65(5,6)7/h8-22,24-30,32-36,38-40,42-43,49,56,59,64H,1,23,31,37,41H2,2-7H3/b19-9-. The van der Waals surface area contributed by atoms with Crippen molar-refractivity contribution in [1.82, 2.24) is 0 Å². The van der Waals surface area contributed by atoms with Crippen LogP contribution in [0.25, 0.3) is 5.57 Å². The summed E-state index contributed by atoms with van der Waals surface area (Å²) in [7, 11) is 0. The molecule has 4 aromatic carbocycles. The van der Waals surface area contributed by atoms with Gasteiger partial charge in [0, 0.05) is 40.5 Å². The minimum atomic E-state index is 0.0792. The number of hydrogen-bond donors (Lipinski definition) is 0. The van der Waals surface area contributed by atoms with Crippen LogP contribution in [0.1, 0.15) is 88.6 Å². The molecule has 0 aromatic heterocycles. The smallest absolute Gasteiger partial charge is 0.0697 e. The molecule has 0 spiro atoms. The molecule has 334 valence electrons. The predicted octanol–water partition coefficient (Wildman–Crippen LogP) is 17.1. The third kappa shape index (κ3) is 8.55. The average Bonchev–Trinajstić information content (AvgIpc) is 3.34. The molecule has 0 amide bonds. The average molecular weight is 873 g/mol. The molecule has 2 heteroatoms. The molecule has 0 heterocycles. The predicted molar refractivity (Wildman–Crippen MR) is 286 cm³/mol. The van der Waals surface area contributed by atoms with E-state index in [1.54, 1.807) is 0 Å². The second-order valence-electron chi connectivity index (χ2n) is 20.3.